The van der Waals surface area contributed by atoms with Crippen molar-refractivity contribution in [3.63, 3.8) is 0 Å². The molecule has 1 saturated heterocycles. The summed E-state index contributed by atoms with van der Waals surface area (Å²) < 4.78 is 39.5. The third-order valence-electron chi connectivity index (χ3n) is 8.75. The largest absolute Gasteiger partial charge is 0.496 e. The van der Waals surface area contributed by atoms with Gasteiger partial charge < -0.3 is 19.7 Å². The van der Waals surface area contributed by atoms with Gasteiger partial charge in [0.25, 0.3) is 21.6 Å². The summed E-state index contributed by atoms with van der Waals surface area (Å²) >= 11 is 1.58. The van der Waals surface area contributed by atoms with Crippen LogP contribution >= 0.6 is 11.8 Å². The summed E-state index contributed by atoms with van der Waals surface area (Å²) in [5.74, 6) is 1.65. The number of nitro benzene ring substituents is 1. The molecule has 5 aromatic rings. The van der Waals surface area contributed by atoms with Crippen LogP contribution in [0.2, 0.25) is 0 Å². The van der Waals surface area contributed by atoms with E-state index in [4.69, 9.17) is 9.47 Å². The molecule has 55 heavy (non-hydrogen) atoms. The summed E-state index contributed by atoms with van der Waals surface area (Å²) in [6, 6.07) is 24.2. The average Bonchev–Trinajstić information content (AvgIpc) is 3.20. The molecule has 0 spiro atoms. The Morgan fingerprint density at radius 3 is 2.45 bits per heavy atom. The van der Waals surface area contributed by atoms with Crippen molar-refractivity contribution >= 4 is 44.9 Å². The van der Waals surface area contributed by atoms with Gasteiger partial charge in [-0.1, -0.05) is 30.3 Å². The lowest BCUT2D eigenvalue weighted by atomic mass is 10.0. The number of piperazine rings is 1. The van der Waals surface area contributed by atoms with E-state index < -0.39 is 31.4 Å². The molecule has 1 aliphatic heterocycles. The van der Waals surface area contributed by atoms with Gasteiger partial charge >= 0.3 is 0 Å². The number of nitro groups is 1. The Hall–Kier alpha value is -5.78. The number of thioether (sulfide) groups is 1. The lowest BCUT2D eigenvalue weighted by Crippen LogP contribution is -2.46. The fraction of sp³-hybridized carbons (Fsp3) is 0.263. The van der Waals surface area contributed by atoms with Crippen LogP contribution in [0, 0.1) is 10.1 Å². The number of hydrogen-bond donors (Lipinski definition) is 2. The van der Waals surface area contributed by atoms with Gasteiger partial charge in [-0.3, -0.25) is 24.8 Å². The summed E-state index contributed by atoms with van der Waals surface area (Å²) in [7, 11) is -2.81. The van der Waals surface area contributed by atoms with Crippen LogP contribution in [0.4, 0.5) is 17.2 Å². The van der Waals surface area contributed by atoms with Crippen LogP contribution in [-0.4, -0.2) is 91.5 Å². The van der Waals surface area contributed by atoms with E-state index in [-0.39, 0.29) is 11.4 Å². The minimum absolute atomic E-state index is 0.165. The molecule has 0 atom stereocenters. The third kappa shape index (κ3) is 10.1. The molecule has 3 aromatic carbocycles. The molecule has 0 bridgehead atoms. The first-order valence-corrected chi connectivity index (χ1v) is 19.9. The number of benzene rings is 3. The number of sulfonamides is 1. The Morgan fingerprint density at radius 2 is 1.75 bits per heavy atom. The number of methoxy groups -OCH3 is 1. The number of amides is 1. The molecule has 15 nitrogen and oxygen atoms in total. The highest BCUT2D eigenvalue weighted by Gasteiger charge is 2.25. The Balaban J connectivity index is 1.01. The van der Waals surface area contributed by atoms with Crippen molar-refractivity contribution in [2.75, 3.05) is 62.4 Å². The van der Waals surface area contributed by atoms with E-state index in [1.165, 1.54) is 18.2 Å². The Labute approximate surface area is 323 Å². The second-order valence-corrected chi connectivity index (χ2v) is 15.2. The van der Waals surface area contributed by atoms with Crippen molar-refractivity contribution in [2.24, 2.45) is 0 Å². The summed E-state index contributed by atoms with van der Waals surface area (Å²) in [6.07, 6.45) is 3.48. The van der Waals surface area contributed by atoms with Crippen LogP contribution in [-0.2, 0) is 16.6 Å². The molecule has 0 aliphatic carbocycles. The number of rotatable bonds is 16. The number of ether oxygens (including phenoxy) is 2. The Morgan fingerprint density at radius 1 is 0.945 bits per heavy atom. The number of aromatic nitrogens is 3. The van der Waals surface area contributed by atoms with E-state index in [0.717, 1.165) is 46.5 Å². The van der Waals surface area contributed by atoms with Crippen molar-refractivity contribution in [1.29, 1.82) is 0 Å². The molecule has 1 amide bonds. The van der Waals surface area contributed by atoms with Gasteiger partial charge in [0.15, 0.2) is 11.5 Å². The van der Waals surface area contributed by atoms with Crippen LogP contribution in [0.5, 0.6) is 11.5 Å². The maximum Gasteiger partial charge on any atom is 0.293 e. The first-order chi connectivity index (χ1) is 26.6. The molecular weight excluding hydrogens is 745 g/mol. The minimum atomic E-state index is -4.47. The Bertz CT molecular complexity index is 2220. The number of nitrogens with one attached hydrogen (secondary N) is 2. The average molecular weight is 785 g/mol. The summed E-state index contributed by atoms with van der Waals surface area (Å²) in [5.41, 5.74) is 2.48. The zero-order chi connectivity index (χ0) is 38.8. The highest BCUT2D eigenvalue weighted by molar-refractivity contribution is 7.99. The molecule has 17 heteroatoms. The highest BCUT2D eigenvalue weighted by Crippen LogP contribution is 2.31. The van der Waals surface area contributed by atoms with Gasteiger partial charge in [-0.25, -0.2) is 13.1 Å². The lowest BCUT2D eigenvalue weighted by molar-refractivity contribution is -0.384. The van der Waals surface area contributed by atoms with Crippen molar-refractivity contribution in [3.05, 3.63) is 119 Å². The van der Waals surface area contributed by atoms with Crippen molar-refractivity contribution in [1.82, 2.24) is 24.8 Å². The topological polar surface area (TPSA) is 182 Å². The molecule has 3 heterocycles. The zero-order valence-corrected chi connectivity index (χ0v) is 31.9. The molecular formula is C38H40N8O7S2. The van der Waals surface area contributed by atoms with Crippen LogP contribution < -0.4 is 24.4 Å². The molecule has 0 unspecified atom stereocenters. The zero-order valence-electron chi connectivity index (χ0n) is 30.3. The summed E-state index contributed by atoms with van der Waals surface area (Å²) in [5, 5.41) is 23.0. The van der Waals surface area contributed by atoms with Gasteiger partial charge in [0.05, 0.1) is 29.7 Å². The number of pyridine rings is 1. The van der Waals surface area contributed by atoms with Crippen molar-refractivity contribution in [3.8, 4) is 22.6 Å². The molecule has 2 aromatic heterocycles. The predicted octanol–water partition coefficient (Wildman–Crippen LogP) is 5.50. The van der Waals surface area contributed by atoms with E-state index in [9.17, 15) is 23.3 Å². The molecule has 2 N–H and O–H groups in total. The SMILES string of the molecule is CCOc1cncc(-c2ccc(CN3CCN(c4ccc(C(=O)NS(=O)(=O)c5ccc(NCCSc6ccccc6)c([N+](=O)[O-])c5)nn4)CC3)c(OC)c2)c1. The fourth-order valence-electron chi connectivity index (χ4n) is 5.95. The van der Waals surface area contributed by atoms with Gasteiger partial charge in [-0.15, -0.1) is 22.0 Å². The second-order valence-electron chi connectivity index (χ2n) is 12.4. The number of hydrogen-bond acceptors (Lipinski definition) is 14. The predicted molar refractivity (Wildman–Crippen MR) is 210 cm³/mol. The maximum atomic E-state index is 13.1. The second kappa shape index (κ2) is 18.0. The maximum absolute atomic E-state index is 13.1. The fourth-order valence-corrected chi connectivity index (χ4v) is 7.72. The number of nitrogens with zero attached hydrogens (tertiary/aromatic N) is 6. The molecule has 286 valence electrons. The van der Waals surface area contributed by atoms with Crippen LogP contribution in [0.1, 0.15) is 23.0 Å². The summed E-state index contributed by atoms with van der Waals surface area (Å²) in [6.45, 7) is 6.36. The smallest absolute Gasteiger partial charge is 0.293 e. The minimum Gasteiger partial charge on any atom is -0.496 e. The molecule has 0 radical (unpaired) electrons. The van der Waals surface area contributed by atoms with E-state index in [2.05, 4.69) is 31.5 Å². The number of carbonyl (C=O) groups excluding carboxylic acids is 1. The van der Waals surface area contributed by atoms with Gasteiger partial charge in [0, 0.05) is 73.3 Å². The van der Waals surface area contributed by atoms with Crippen molar-refractivity contribution in [2.45, 2.75) is 23.3 Å². The van der Waals surface area contributed by atoms with Gasteiger partial charge in [-0.05, 0) is 61.0 Å². The van der Waals surface area contributed by atoms with Crippen LogP contribution in [0.3, 0.4) is 0 Å². The monoisotopic (exact) mass is 784 g/mol. The first-order valence-electron chi connectivity index (χ1n) is 17.5. The lowest BCUT2D eigenvalue weighted by Gasteiger charge is -2.35. The van der Waals surface area contributed by atoms with E-state index in [1.807, 2.05) is 65.1 Å². The van der Waals surface area contributed by atoms with Gasteiger partial charge in [0.2, 0.25) is 0 Å². The van der Waals surface area contributed by atoms with E-state index in [0.29, 0.717) is 50.1 Å². The normalized spacial score (nSPS) is 13.2. The van der Waals surface area contributed by atoms with E-state index in [1.54, 1.807) is 37.3 Å². The highest BCUT2D eigenvalue weighted by atomic mass is 32.2. The molecule has 6 rings (SSSR count). The Kier molecular flexibility index (Phi) is 12.8. The van der Waals surface area contributed by atoms with Gasteiger partial charge in [-0.2, -0.15) is 0 Å². The summed E-state index contributed by atoms with van der Waals surface area (Å²) in [4.78, 5) is 33.3. The van der Waals surface area contributed by atoms with Crippen LogP contribution in [0.15, 0.2) is 107 Å². The molecule has 1 fully saturated rings. The first kappa shape index (κ1) is 38.9. The number of carbonyl (C=O) groups is 1. The quantitative estimate of drug-likeness (QED) is 0.0554. The number of anilines is 2. The van der Waals surface area contributed by atoms with Gasteiger partial charge in [0.1, 0.15) is 17.2 Å². The molecule has 0 saturated carbocycles. The van der Waals surface area contributed by atoms with Crippen molar-refractivity contribution < 1.29 is 27.6 Å². The van der Waals surface area contributed by atoms with E-state index >= 15 is 0 Å². The van der Waals surface area contributed by atoms with Crippen LogP contribution in [0.25, 0.3) is 11.1 Å². The standard InChI is InChI=1S/C38H40N8O7S2/c1-3-53-30-21-29(24-39-25-30)27-9-10-28(36(22-27)52-2)26-44-16-18-45(19-17-44)37-14-13-34(41-42-37)38(47)43-55(50,51)32-11-12-33(35(23-32)46(48)49)40-15-20-54-31-7-5-4-6-8-31/h4-14,21-25,40H,3,15-20,26H2,1-2H3,(H,43,47). The third-order valence-corrected chi connectivity index (χ3v) is 11.1. The molecule has 1 aliphatic rings.